The maximum atomic E-state index is 5.68. The van der Waals surface area contributed by atoms with E-state index in [2.05, 4.69) is 26.1 Å². The van der Waals surface area contributed by atoms with Crippen molar-refractivity contribution >= 4 is 33.3 Å². The summed E-state index contributed by atoms with van der Waals surface area (Å²) >= 11 is 9.02. The summed E-state index contributed by atoms with van der Waals surface area (Å²) in [6.07, 6.45) is 0. The second-order valence-electron chi connectivity index (χ2n) is 2.64. The van der Waals surface area contributed by atoms with E-state index in [9.17, 15) is 0 Å². The van der Waals surface area contributed by atoms with Gasteiger partial charge in [0, 0.05) is 4.47 Å². The smallest absolute Gasteiger partial charge is 0.195 e. The molecule has 0 fully saturated rings. The van der Waals surface area contributed by atoms with E-state index in [1.807, 2.05) is 24.3 Å². The lowest BCUT2D eigenvalue weighted by molar-refractivity contribution is 0.754. The fraction of sp³-hybridized carbons (Fsp3) is 0. The number of halogens is 2. The van der Waals surface area contributed by atoms with Crippen molar-refractivity contribution in [1.29, 1.82) is 0 Å². The number of rotatable bonds is 1. The van der Waals surface area contributed by atoms with Gasteiger partial charge in [-0.2, -0.15) is 0 Å². The fourth-order valence-electron chi connectivity index (χ4n) is 0.990. The Hall–Kier alpha value is -1.07. The van der Waals surface area contributed by atoms with Gasteiger partial charge in [0.1, 0.15) is 0 Å². The maximum absolute atomic E-state index is 5.68. The highest BCUT2D eigenvalue weighted by molar-refractivity contribution is 9.10. The van der Waals surface area contributed by atoms with E-state index in [0.29, 0.717) is 0 Å². The first-order valence-corrected chi connectivity index (χ1v) is 4.98. The van der Waals surface area contributed by atoms with Crippen molar-refractivity contribution in [2.45, 2.75) is 0 Å². The van der Waals surface area contributed by atoms with Crippen LogP contribution in [0.1, 0.15) is 0 Å². The van der Waals surface area contributed by atoms with Gasteiger partial charge in [-0.25, -0.2) is 0 Å². The second-order valence-corrected chi connectivity index (χ2v) is 3.92. The summed E-state index contributed by atoms with van der Waals surface area (Å²) in [4.78, 5) is 1.39. The largest absolute Gasteiger partial charge is 0.380 e. The van der Waals surface area contributed by atoms with Gasteiger partial charge in [0.15, 0.2) is 11.0 Å². The predicted molar refractivity (Wildman–Crippen MR) is 58.5 cm³/mol. The van der Waals surface area contributed by atoms with Crippen LogP contribution in [0.2, 0.25) is 5.15 Å². The van der Waals surface area contributed by atoms with Gasteiger partial charge in [-0.3, -0.25) is 0 Å². The summed E-state index contributed by atoms with van der Waals surface area (Å²) in [5.74, 6) is 0.231. The van der Waals surface area contributed by atoms with Crippen LogP contribution in [0.3, 0.4) is 0 Å². The molecule has 2 aromatic rings. The Morgan fingerprint density at radius 2 is 1.86 bits per heavy atom. The van der Waals surface area contributed by atoms with Crippen LogP contribution in [0, 0.1) is 0 Å². The number of hydrogen-bond donors (Lipinski definition) is 1. The summed E-state index contributed by atoms with van der Waals surface area (Å²) in [5.41, 5.74) is 6.28. The van der Waals surface area contributed by atoms with E-state index < -0.39 is 0 Å². The van der Waals surface area contributed by atoms with E-state index >= 15 is 0 Å². The minimum Gasteiger partial charge on any atom is -0.380 e. The van der Waals surface area contributed by atoms with Crippen LogP contribution >= 0.6 is 27.5 Å². The third-order valence-corrected chi connectivity index (χ3v) is 2.45. The quantitative estimate of drug-likeness (QED) is 0.867. The van der Waals surface area contributed by atoms with Crippen molar-refractivity contribution < 1.29 is 0 Å². The molecule has 0 unspecified atom stereocenters. The molecule has 0 saturated carbocycles. The fourth-order valence-corrected chi connectivity index (χ4v) is 1.36. The molecule has 0 aliphatic heterocycles. The molecule has 72 valence electrons. The van der Waals surface area contributed by atoms with Crippen LogP contribution in [-0.4, -0.2) is 15.0 Å². The molecule has 0 saturated heterocycles. The van der Waals surface area contributed by atoms with Crippen molar-refractivity contribution in [1.82, 2.24) is 15.0 Å². The Kier molecular flexibility index (Phi) is 2.43. The van der Waals surface area contributed by atoms with Crippen LogP contribution in [-0.2, 0) is 0 Å². The molecular formula is C8H6BrClN4. The molecule has 0 bridgehead atoms. The number of nitrogen functional groups attached to an aromatic ring is 1. The molecule has 0 spiro atoms. The van der Waals surface area contributed by atoms with Gasteiger partial charge in [0.05, 0.1) is 5.69 Å². The zero-order valence-electron chi connectivity index (χ0n) is 6.98. The van der Waals surface area contributed by atoms with E-state index in [1.165, 1.54) is 4.80 Å². The monoisotopic (exact) mass is 272 g/mol. The lowest BCUT2D eigenvalue weighted by Gasteiger charge is -1.97. The topological polar surface area (TPSA) is 56.7 Å². The van der Waals surface area contributed by atoms with Crippen LogP contribution < -0.4 is 5.73 Å². The van der Waals surface area contributed by atoms with Gasteiger partial charge in [0.2, 0.25) is 0 Å². The van der Waals surface area contributed by atoms with Gasteiger partial charge in [-0.1, -0.05) is 27.5 Å². The Morgan fingerprint density at radius 1 is 1.21 bits per heavy atom. The lowest BCUT2D eigenvalue weighted by atomic mass is 10.3. The lowest BCUT2D eigenvalue weighted by Crippen LogP contribution is -1.98. The molecule has 6 heteroatoms. The number of anilines is 1. The highest BCUT2D eigenvalue weighted by Crippen LogP contribution is 2.16. The minimum atomic E-state index is 0.216. The number of nitrogens with two attached hydrogens (primary N) is 1. The first-order chi connectivity index (χ1) is 6.66. The third-order valence-electron chi connectivity index (χ3n) is 1.65. The van der Waals surface area contributed by atoms with E-state index in [-0.39, 0.29) is 11.0 Å². The average molecular weight is 274 g/mol. The molecule has 2 N–H and O–H groups in total. The molecule has 4 nitrogen and oxygen atoms in total. The molecule has 14 heavy (non-hydrogen) atoms. The number of aromatic nitrogens is 3. The van der Waals surface area contributed by atoms with Crippen LogP contribution in [0.25, 0.3) is 5.69 Å². The SMILES string of the molecule is Nc1nn(-c2ccc(Br)cc2)nc1Cl. The molecule has 0 aliphatic carbocycles. The van der Waals surface area contributed by atoms with Crippen LogP contribution in [0.5, 0.6) is 0 Å². The summed E-state index contributed by atoms with van der Waals surface area (Å²) in [6, 6.07) is 7.51. The zero-order valence-corrected chi connectivity index (χ0v) is 9.33. The zero-order chi connectivity index (χ0) is 10.1. The summed E-state index contributed by atoms with van der Waals surface area (Å²) in [7, 11) is 0. The molecule has 2 rings (SSSR count). The normalized spacial score (nSPS) is 10.4. The van der Waals surface area contributed by atoms with Gasteiger partial charge in [-0.15, -0.1) is 15.0 Å². The standard InChI is InChI=1S/C8H6BrClN4/c9-5-1-3-6(4-2-5)14-12-7(10)8(11)13-14/h1-4H,(H2,11,13). The minimum absolute atomic E-state index is 0.216. The van der Waals surface area contributed by atoms with Crippen LogP contribution in [0.15, 0.2) is 28.7 Å². The molecule has 0 radical (unpaired) electrons. The van der Waals surface area contributed by atoms with Gasteiger partial charge in [0.25, 0.3) is 0 Å². The van der Waals surface area contributed by atoms with Crippen molar-refractivity contribution in [3.05, 3.63) is 33.9 Å². The molecule has 0 aliphatic rings. The van der Waals surface area contributed by atoms with Crippen LogP contribution in [0.4, 0.5) is 5.82 Å². The van der Waals surface area contributed by atoms with Crippen molar-refractivity contribution in [3.63, 3.8) is 0 Å². The highest BCUT2D eigenvalue weighted by atomic mass is 79.9. The molecule has 1 heterocycles. The maximum Gasteiger partial charge on any atom is 0.195 e. The van der Waals surface area contributed by atoms with E-state index in [0.717, 1.165) is 10.2 Å². The molecular weight excluding hydrogens is 267 g/mol. The highest BCUT2D eigenvalue weighted by Gasteiger charge is 2.05. The van der Waals surface area contributed by atoms with E-state index in [1.54, 1.807) is 0 Å². The molecule has 0 amide bonds. The Bertz CT molecular complexity index is 431. The molecule has 1 aromatic heterocycles. The first kappa shape index (κ1) is 9.48. The predicted octanol–water partition coefficient (Wildman–Crippen LogP) is 2.27. The number of hydrogen-bond acceptors (Lipinski definition) is 3. The van der Waals surface area contributed by atoms with Crippen molar-refractivity contribution in [2.75, 3.05) is 5.73 Å². The van der Waals surface area contributed by atoms with Gasteiger partial charge in [-0.05, 0) is 24.3 Å². The summed E-state index contributed by atoms with van der Waals surface area (Å²) < 4.78 is 0.993. The number of benzene rings is 1. The third kappa shape index (κ3) is 1.73. The first-order valence-electron chi connectivity index (χ1n) is 3.81. The number of nitrogens with zero attached hydrogens (tertiary/aromatic N) is 3. The average Bonchev–Trinajstić information content (AvgIpc) is 2.48. The summed E-state index contributed by atoms with van der Waals surface area (Å²) in [5, 5.41) is 8.10. The Labute approximate surface area is 93.8 Å². The molecule has 1 aromatic carbocycles. The van der Waals surface area contributed by atoms with Crippen molar-refractivity contribution in [3.8, 4) is 5.69 Å². The second kappa shape index (κ2) is 3.59. The Balaban J connectivity index is 2.44. The van der Waals surface area contributed by atoms with Crippen molar-refractivity contribution in [2.24, 2.45) is 0 Å². The van der Waals surface area contributed by atoms with E-state index in [4.69, 9.17) is 17.3 Å². The van der Waals surface area contributed by atoms with Gasteiger partial charge < -0.3 is 5.73 Å². The summed E-state index contributed by atoms with van der Waals surface area (Å²) in [6.45, 7) is 0. The molecule has 0 atom stereocenters. The Morgan fingerprint density at radius 3 is 2.36 bits per heavy atom. The van der Waals surface area contributed by atoms with Gasteiger partial charge >= 0.3 is 0 Å².